The summed E-state index contributed by atoms with van der Waals surface area (Å²) in [5.41, 5.74) is 2.25. The van der Waals surface area contributed by atoms with Crippen LogP contribution in [0.3, 0.4) is 0 Å². The van der Waals surface area contributed by atoms with Crippen LogP contribution in [-0.2, 0) is 6.54 Å². The maximum Gasteiger partial charge on any atom is 0.237 e. The molecule has 2 heterocycles. The summed E-state index contributed by atoms with van der Waals surface area (Å²) in [6, 6.07) is 10.2. The number of rotatable bonds is 4. The molecule has 1 aromatic carbocycles. The summed E-state index contributed by atoms with van der Waals surface area (Å²) in [5.74, 6) is 1.89. The fourth-order valence-electron chi connectivity index (χ4n) is 2.19. The molecule has 1 aliphatic carbocycles. The molecule has 0 N–H and O–H groups in total. The van der Waals surface area contributed by atoms with Gasteiger partial charge < -0.3 is 4.42 Å². The number of hydrogen-bond donors (Lipinski definition) is 0. The lowest BCUT2D eigenvalue weighted by atomic mass is 10.1. The van der Waals surface area contributed by atoms with Crippen molar-refractivity contribution in [3.63, 3.8) is 0 Å². The Hall–Kier alpha value is -2.43. The van der Waals surface area contributed by atoms with E-state index in [2.05, 4.69) is 27.4 Å². The van der Waals surface area contributed by atoms with Gasteiger partial charge in [-0.1, -0.05) is 30.3 Å². The molecule has 0 atom stereocenters. The highest BCUT2D eigenvalue weighted by Gasteiger charge is 2.29. The van der Waals surface area contributed by atoms with Crippen LogP contribution in [0.4, 0.5) is 0 Å². The van der Waals surface area contributed by atoms with Crippen molar-refractivity contribution in [2.45, 2.75) is 25.3 Å². The molecule has 1 aliphatic rings. The van der Waals surface area contributed by atoms with Gasteiger partial charge in [0.25, 0.3) is 0 Å². The number of nitrogens with zero attached hydrogens (tertiary/aromatic N) is 4. The van der Waals surface area contributed by atoms with Crippen molar-refractivity contribution in [3.8, 4) is 11.1 Å². The summed E-state index contributed by atoms with van der Waals surface area (Å²) in [6.07, 6.45) is 6.19. The molecule has 1 saturated carbocycles. The number of hydrogen-bond acceptors (Lipinski definition) is 4. The zero-order chi connectivity index (χ0) is 13.4. The lowest BCUT2D eigenvalue weighted by Gasteiger charge is -1.96. The first-order valence-electron chi connectivity index (χ1n) is 6.78. The maximum absolute atomic E-state index is 5.64. The smallest absolute Gasteiger partial charge is 0.237 e. The molecule has 0 saturated heterocycles. The van der Waals surface area contributed by atoms with Crippen LogP contribution < -0.4 is 0 Å². The van der Waals surface area contributed by atoms with Gasteiger partial charge in [0.2, 0.25) is 11.8 Å². The van der Waals surface area contributed by atoms with Crippen LogP contribution in [0.1, 0.15) is 30.5 Å². The Morgan fingerprint density at radius 1 is 1.10 bits per heavy atom. The summed E-state index contributed by atoms with van der Waals surface area (Å²) in [7, 11) is 0. The van der Waals surface area contributed by atoms with Crippen LogP contribution in [0.2, 0.25) is 0 Å². The van der Waals surface area contributed by atoms with E-state index in [1.165, 1.54) is 12.8 Å². The van der Waals surface area contributed by atoms with E-state index in [1.807, 2.05) is 35.3 Å². The van der Waals surface area contributed by atoms with E-state index in [-0.39, 0.29) is 0 Å². The third kappa shape index (κ3) is 2.22. The first-order valence-corrected chi connectivity index (χ1v) is 6.78. The van der Waals surface area contributed by atoms with Gasteiger partial charge in [-0.3, -0.25) is 4.68 Å². The van der Waals surface area contributed by atoms with Crippen LogP contribution in [0.5, 0.6) is 0 Å². The van der Waals surface area contributed by atoms with Crippen molar-refractivity contribution in [2.75, 3.05) is 0 Å². The zero-order valence-electron chi connectivity index (χ0n) is 10.9. The molecule has 0 aliphatic heterocycles. The van der Waals surface area contributed by atoms with Crippen LogP contribution >= 0.6 is 0 Å². The van der Waals surface area contributed by atoms with Crippen LogP contribution in [-0.4, -0.2) is 20.0 Å². The fraction of sp³-hybridized carbons (Fsp3) is 0.267. The first-order chi connectivity index (χ1) is 9.88. The van der Waals surface area contributed by atoms with E-state index >= 15 is 0 Å². The second-order valence-electron chi connectivity index (χ2n) is 5.10. The predicted octanol–water partition coefficient (Wildman–Crippen LogP) is 2.86. The molecule has 0 radical (unpaired) electrons. The van der Waals surface area contributed by atoms with Crippen molar-refractivity contribution in [2.24, 2.45) is 0 Å². The van der Waals surface area contributed by atoms with E-state index in [0.717, 1.165) is 17.0 Å². The van der Waals surface area contributed by atoms with Gasteiger partial charge in [-0.25, -0.2) is 0 Å². The monoisotopic (exact) mass is 266 g/mol. The fourth-order valence-corrected chi connectivity index (χ4v) is 2.19. The first kappa shape index (κ1) is 11.4. The Bertz CT molecular complexity index is 712. The highest BCUT2D eigenvalue weighted by molar-refractivity contribution is 5.61. The van der Waals surface area contributed by atoms with Gasteiger partial charge in [-0.15, -0.1) is 10.2 Å². The van der Waals surface area contributed by atoms with E-state index in [4.69, 9.17) is 4.42 Å². The summed E-state index contributed by atoms with van der Waals surface area (Å²) in [5, 5.41) is 12.5. The highest BCUT2D eigenvalue weighted by atomic mass is 16.4. The lowest BCUT2D eigenvalue weighted by Crippen LogP contribution is -1.99. The van der Waals surface area contributed by atoms with Gasteiger partial charge in [0.05, 0.1) is 6.20 Å². The Morgan fingerprint density at radius 3 is 2.75 bits per heavy atom. The van der Waals surface area contributed by atoms with Crippen molar-refractivity contribution < 1.29 is 4.42 Å². The van der Waals surface area contributed by atoms with E-state index in [0.29, 0.717) is 18.4 Å². The molecule has 0 amide bonds. The molecule has 3 aromatic rings. The lowest BCUT2D eigenvalue weighted by molar-refractivity contribution is 0.431. The van der Waals surface area contributed by atoms with E-state index in [1.54, 1.807) is 0 Å². The van der Waals surface area contributed by atoms with Crippen molar-refractivity contribution in [3.05, 3.63) is 54.5 Å². The summed E-state index contributed by atoms with van der Waals surface area (Å²) < 4.78 is 7.47. The third-order valence-electron chi connectivity index (χ3n) is 3.45. The zero-order valence-corrected chi connectivity index (χ0v) is 10.9. The molecule has 20 heavy (non-hydrogen) atoms. The summed E-state index contributed by atoms with van der Waals surface area (Å²) >= 11 is 0. The normalized spacial score (nSPS) is 14.6. The van der Waals surface area contributed by atoms with Gasteiger partial charge in [-0.2, -0.15) is 5.10 Å². The molecule has 0 spiro atoms. The molecular formula is C15H14N4O. The molecule has 0 unspecified atom stereocenters. The van der Waals surface area contributed by atoms with E-state index in [9.17, 15) is 0 Å². The topological polar surface area (TPSA) is 56.7 Å². The van der Waals surface area contributed by atoms with Gasteiger partial charge in [-0.05, 0) is 18.4 Å². The minimum absolute atomic E-state index is 0.494. The summed E-state index contributed by atoms with van der Waals surface area (Å²) in [6.45, 7) is 0.520. The van der Waals surface area contributed by atoms with Crippen molar-refractivity contribution in [1.29, 1.82) is 0 Å². The molecule has 5 nitrogen and oxygen atoms in total. The Labute approximate surface area is 116 Å². The van der Waals surface area contributed by atoms with Gasteiger partial charge in [0.15, 0.2) is 0 Å². The minimum atomic E-state index is 0.494. The SMILES string of the molecule is c1ccc(-c2cnn(Cc3nnc(C4CC4)o3)c2)cc1. The Kier molecular flexibility index (Phi) is 2.62. The third-order valence-corrected chi connectivity index (χ3v) is 3.45. The van der Waals surface area contributed by atoms with E-state index < -0.39 is 0 Å². The average Bonchev–Trinajstić information content (AvgIpc) is 3.06. The largest absolute Gasteiger partial charge is 0.423 e. The van der Waals surface area contributed by atoms with Crippen LogP contribution in [0.15, 0.2) is 47.1 Å². The quantitative estimate of drug-likeness (QED) is 0.728. The molecule has 5 heteroatoms. The van der Waals surface area contributed by atoms with Crippen LogP contribution in [0, 0.1) is 0 Å². The molecule has 100 valence electrons. The second kappa shape index (κ2) is 4.59. The molecule has 4 rings (SSSR count). The highest BCUT2D eigenvalue weighted by Crippen LogP contribution is 2.39. The molecular weight excluding hydrogens is 252 g/mol. The standard InChI is InChI=1S/C15H14N4O/c1-2-4-11(5-3-1)13-8-16-19(9-13)10-14-17-18-15(20-14)12-6-7-12/h1-5,8-9,12H,6-7,10H2. The maximum atomic E-state index is 5.64. The van der Waals surface area contributed by atoms with Gasteiger partial charge in [0.1, 0.15) is 6.54 Å². The molecule has 0 bridgehead atoms. The molecule has 2 aromatic heterocycles. The van der Waals surface area contributed by atoms with Crippen LogP contribution in [0.25, 0.3) is 11.1 Å². The Balaban J connectivity index is 1.52. The second-order valence-corrected chi connectivity index (χ2v) is 5.10. The average molecular weight is 266 g/mol. The number of aromatic nitrogens is 4. The predicted molar refractivity (Wildman–Crippen MR) is 73.0 cm³/mol. The van der Waals surface area contributed by atoms with Crippen molar-refractivity contribution >= 4 is 0 Å². The molecule has 1 fully saturated rings. The van der Waals surface area contributed by atoms with Crippen molar-refractivity contribution in [1.82, 2.24) is 20.0 Å². The number of benzene rings is 1. The summed E-state index contributed by atoms with van der Waals surface area (Å²) in [4.78, 5) is 0. The van der Waals surface area contributed by atoms with Gasteiger partial charge in [0, 0.05) is 17.7 Å². The minimum Gasteiger partial charge on any atom is -0.423 e. The van der Waals surface area contributed by atoms with Gasteiger partial charge >= 0.3 is 0 Å². The Morgan fingerprint density at radius 2 is 1.95 bits per heavy atom.